The van der Waals surface area contributed by atoms with Gasteiger partial charge in [0.15, 0.2) is 11.5 Å². The van der Waals surface area contributed by atoms with Crippen LogP contribution in [0, 0.1) is 0 Å². The fourth-order valence-electron chi connectivity index (χ4n) is 3.21. The number of hydrogen-bond acceptors (Lipinski definition) is 4. The van der Waals surface area contributed by atoms with Crippen LogP contribution in [0.25, 0.3) is 0 Å². The molecule has 2 aromatic rings. The number of hydrogen-bond donors (Lipinski definition) is 1. The van der Waals surface area contributed by atoms with E-state index in [1.54, 1.807) is 18.2 Å². The fourth-order valence-corrected chi connectivity index (χ4v) is 3.21. The Kier molecular flexibility index (Phi) is 5.16. The highest BCUT2D eigenvalue weighted by Gasteiger charge is 2.49. The molecule has 0 spiro atoms. The highest BCUT2D eigenvalue weighted by atomic mass is 19.4. The molecular formula is C20H19F3N2O4. The van der Waals surface area contributed by atoms with Crippen molar-refractivity contribution in [2.75, 3.05) is 14.2 Å². The van der Waals surface area contributed by atoms with Gasteiger partial charge in [0.1, 0.15) is 5.54 Å². The zero-order valence-corrected chi connectivity index (χ0v) is 16.0. The van der Waals surface area contributed by atoms with Gasteiger partial charge in [-0.15, -0.1) is 0 Å². The number of nitrogens with zero attached hydrogens (tertiary/aromatic N) is 1. The van der Waals surface area contributed by atoms with E-state index in [9.17, 15) is 22.8 Å². The van der Waals surface area contributed by atoms with Gasteiger partial charge in [-0.05, 0) is 42.3 Å². The second-order valence-corrected chi connectivity index (χ2v) is 6.71. The van der Waals surface area contributed by atoms with Gasteiger partial charge in [-0.2, -0.15) is 13.2 Å². The van der Waals surface area contributed by atoms with E-state index in [0.29, 0.717) is 17.1 Å². The molecule has 1 heterocycles. The van der Waals surface area contributed by atoms with Crippen molar-refractivity contribution in [2.24, 2.45) is 0 Å². The number of ether oxygens (including phenoxy) is 2. The van der Waals surface area contributed by atoms with Crippen molar-refractivity contribution in [3.63, 3.8) is 0 Å². The summed E-state index contributed by atoms with van der Waals surface area (Å²) >= 11 is 0. The summed E-state index contributed by atoms with van der Waals surface area (Å²) in [5.74, 6) is 0.258. The van der Waals surface area contributed by atoms with Gasteiger partial charge in [0.2, 0.25) is 0 Å². The molecule has 1 aliphatic heterocycles. The summed E-state index contributed by atoms with van der Waals surface area (Å²) in [4.78, 5) is 26.4. The highest BCUT2D eigenvalue weighted by Crippen LogP contribution is 2.36. The van der Waals surface area contributed by atoms with Crippen LogP contribution in [0.2, 0.25) is 0 Å². The summed E-state index contributed by atoms with van der Waals surface area (Å²) in [6.45, 7) is 1.25. The quantitative estimate of drug-likeness (QED) is 0.767. The lowest BCUT2D eigenvalue weighted by Crippen LogP contribution is -2.40. The molecule has 3 rings (SSSR count). The maximum atomic E-state index is 13.0. The van der Waals surface area contributed by atoms with E-state index in [1.807, 2.05) is 0 Å². The third-order valence-corrected chi connectivity index (χ3v) is 4.83. The lowest BCUT2D eigenvalue weighted by molar-refractivity contribution is -0.137. The van der Waals surface area contributed by atoms with Gasteiger partial charge in [-0.25, -0.2) is 4.79 Å². The summed E-state index contributed by atoms with van der Waals surface area (Å²) in [6, 6.07) is 8.64. The van der Waals surface area contributed by atoms with Gasteiger partial charge >= 0.3 is 12.2 Å². The number of rotatable bonds is 5. The van der Waals surface area contributed by atoms with Gasteiger partial charge < -0.3 is 14.8 Å². The van der Waals surface area contributed by atoms with Gasteiger partial charge in [0, 0.05) is 0 Å². The predicted molar refractivity (Wildman–Crippen MR) is 97.4 cm³/mol. The summed E-state index contributed by atoms with van der Waals surface area (Å²) in [7, 11) is 2.91. The first-order valence-electron chi connectivity index (χ1n) is 8.63. The number of halogens is 3. The number of methoxy groups -OCH3 is 2. The molecule has 0 radical (unpaired) electrons. The third-order valence-electron chi connectivity index (χ3n) is 4.83. The maximum Gasteiger partial charge on any atom is 0.416 e. The standard InChI is InChI=1S/C20H19F3N2O4/c1-19(13-7-8-15(28-2)16(10-13)29-3)17(26)25(18(27)24-19)11-12-5-4-6-14(9-12)20(21,22)23/h4-10H,11H2,1-3H3,(H,24,27). The molecular weight excluding hydrogens is 389 g/mol. The average molecular weight is 408 g/mol. The Morgan fingerprint density at radius 2 is 1.72 bits per heavy atom. The number of carbonyl (C=O) groups excluding carboxylic acids is 2. The van der Waals surface area contributed by atoms with Crippen LogP contribution in [0.4, 0.5) is 18.0 Å². The van der Waals surface area contributed by atoms with Crippen LogP contribution in [0.15, 0.2) is 42.5 Å². The lowest BCUT2D eigenvalue weighted by Gasteiger charge is -2.23. The van der Waals surface area contributed by atoms with Gasteiger partial charge in [0.05, 0.1) is 26.3 Å². The minimum atomic E-state index is -4.51. The molecule has 6 nitrogen and oxygen atoms in total. The van der Waals surface area contributed by atoms with Crippen molar-refractivity contribution >= 4 is 11.9 Å². The first-order chi connectivity index (χ1) is 13.6. The van der Waals surface area contributed by atoms with Crippen LogP contribution < -0.4 is 14.8 Å². The molecule has 2 aromatic carbocycles. The van der Waals surface area contributed by atoms with Crippen LogP contribution in [-0.2, 0) is 23.1 Å². The number of amides is 3. The van der Waals surface area contributed by atoms with Crippen LogP contribution >= 0.6 is 0 Å². The molecule has 1 aliphatic rings. The molecule has 154 valence electrons. The molecule has 1 unspecified atom stereocenters. The largest absolute Gasteiger partial charge is 0.493 e. The van der Waals surface area contributed by atoms with Crippen molar-refractivity contribution < 1.29 is 32.2 Å². The van der Waals surface area contributed by atoms with Crippen LogP contribution in [0.5, 0.6) is 11.5 Å². The van der Waals surface area contributed by atoms with E-state index in [4.69, 9.17) is 9.47 Å². The minimum Gasteiger partial charge on any atom is -0.493 e. The second-order valence-electron chi connectivity index (χ2n) is 6.71. The van der Waals surface area contributed by atoms with Crippen LogP contribution in [0.3, 0.4) is 0 Å². The average Bonchev–Trinajstić information content (AvgIpc) is 2.91. The second kappa shape index (κ2) is 7.31. The maximum absolute atomic E-state index is 13.0. The smallest absolute Gasteiger partial charge is 0.416 e. The Morgan fingerprint density at radius 3 is 2.34 bits per heavy atom. The van der Waals surface area contributed by atoms with Gasteiger partial charge in [-0.3, -0.25) is 9.69 Å². The Morgan fingerprint density at radius 1 is 1.03 bits per heavy atom. The van der Waals surface area contributed by atoms with Crippen molar-refractivity contribution in [1.29, 1.82) is 0 Å². The van der Waals surface area contributed by atoms with Gasteiger partial charge in [-0.1, -0.05) is 18.2 Å². The normalized spacial score (nSPS) is 19.3. The number of benzene rings is 2. The van der Waals surface area contributed by atoms with E-state index in [1.165, 1.54) is 33.3 Å². The molecule has 3 amide bonds. The summed E-state index contributed by atoms with van der Waals surface area (Å²) in [5.41, 5.74) is -1.58. The van der Waals surface area contributed by atoms with Crippen molar-refractivity contribution in [2.45, 2.75) is 25.2 Å². The van der Waals surface area contributed by atoms with Crippen molar-refractivity contribution in [3.8, 4) is 11.5 Å². The summed E-state index contributed by atoms with van der Waals surface area (Å²) in [6.07, 6.45) is -4.51. The number of carbonyl (C=O) groups is 2. The first-order valence-corrected chi connectivity index (χ1v) is 8.63. The number of imide groups is 1. The molecule has 1 fully saturated rings. The molecule has 1 N–H and O–H groups in total. The fraction of sp³-hybridized carbons (Fsp3) is 0.300. The van der Waals surface area contributed by atoms with E-state index < -0.39 is 29.2 Å². The molecule has 0 saturated carbocycles. The summed E-state index contributed by atoms with van der Waals surface area (Å²) < 4.78 is 49.2. The zero-order chi connectivity index (χ0) is 21.4. The van der Waals surface area contributed by atoms with Crippen molar-refractivity contribution in [1.82, 2.24) is 10.2 Å². The van der Waals surface area contributed by atoms with E-state index in [2.05, 4.69) is 5.32 Å². The lowest BCUT2D eigenvalue weighted by atomic mass is 9.91. The highest BCUT2D eigenvalue weighted by molar-refractivity contribution is 6.07. The topological polar surface area (TPSA) is 67.9 Å². The molecule has 29 heavy (non-hydrogen) atoms. The third kappa shape index (κ3) is 3.72. The summed E-state index contributed by atoms with van der Waals surface area (Å²) in [5, 5.41) is 2.62. The van der Waals surface area contributed by atoms with Crippen LogP contribution in [-0.4, -0.2) is 31.1 Å². The molecule has 1 saturated heterocycles. The van der Waals surface area contributed by atoms with E-state index in [0.717, 1.165) is 17.0 Å². The monoisotopic (exact) mass is 408 g/mol. The Bertz CT molecular complexity index is 961. The van der Waals surface area contributed by atoms with Crippen LogP contribution in [0.1, 0.15) is 23.6 Å². The molecule has 0 aliphatic carbocycles. The Labute approximate surface area is 165 Å². The first kappa shape index (κ1) is 20.5. The predicted octanol–water partition coefficient (Wildman–Crippen LogP) is 3.69. The molecule has 1 atom stereocenters. The van der Waals surface area contributed by atoms with Gasteiger partial charge in [0.25, 0.3) is 5.91 Å². The molecule has 0 bridgehead atoms. The molecule has 0 aromatic heterocycles. The number of nitrogens with one attached hydrogen (secondary N) is 1. The van der Waals surface area contributed by atoms with Crippen molar-refractivity contribution in [3.05, 3.63) is 59.2 Å². The van der Waals surface area contributed by atoms with E-state index >= 15 is 0 Å². The minimum absolute atomic E-state index is 0.194. The number of urea groups is 1. The molecule has 9 heteroatoms. The Balaban J connectivity index is 1.90. The Hall–Kier alpha value is -3.23. The SMILES string of the molecule is COc1ccc(C2(C)NC(=O)N(Cc3cccc(C(F)(F)F)c3)C2=O)cc1OC. The number of alkyl halides is 3. The van der Waals surface area contributed by atoms with E-state index in [-0.39, 0.29) is 12.1 Å². The zero-order valence-electron chi connectivity index (χ0n) is 16.0.